The molecule has 7 nitrogen and oxygen atoms in total. The summed E-state index contributed by atoms with van der Waals surface area (Å²) in [6.45, 7) is -0.322. The van der Waals surface area contributed by atoms with E-state index in [0.29, 0.717) is 25.9 Å². The quantitative estimate of drug-likeness (QED) is 0.655. The second-order valence-corrected chi connectivity index (χ2v) is 5.67. The average Bonchev–Trinajstić information content (AvgIpc) is 2.78. The van der Waals surface area contributed by atoms with Gasteiger partial charge >= 0.3 is 6.36 Å². The van der Waals surface area contributed by atoms with E-state index in [1.807, 2.05) is 0 Å². The Bertz CT molecular complexity index is 497. The van der Waals surface area contributed by atoms with Gasteiger partial charge in [-0.05, 0) is 19.3 Å². The lowest BCUT2D eigenvalue weighted by molar-refractivity contribution is -0.321. The van der Waals surface area contributed by atoms with E-state index in [9.17, 15) is 27.6 Å². The van der Waals surface area contributed by atoms with Gasteiger partial charge in [0, 0.05) is 19.0 Å². The number of primary amides is 1. The summed E-state index contributed by atoms with van der Waals surface area (Å²) < 4.78 is 40.0. The fourth-order valence-corrected chi connectivity index (χ4v) is 2.93. The van der Waals surface area contributed by atoms with E-state index in [1.54, 1.807) is 0 Å². The molecule has 2 amide bonds. The third-order valence-corrected chi connectivity index (χ3v) is 4.21. The van der Waals surface area contributed by atoms with Crippen LogP contribution >= 0.6 is 0 Å². The van der Waals surface area contributed by atoms with Gasteiger partial charge in [0.2, 0.25) is 11.8 Å². The van der Waals surface area contributed by atoms with Crippen LogP contribution in [0.5, 0.6) is 0 Å². The minimum Gasteiger partial charge on any atom is -0.368 e. The Balaban J connectivity index is 2.06. The van der Waals surface area contributed by atoms with E-state index in [1.165, 1.54) is 4.90 Å². The number of Topliss-reactive ketones (excluding diaryl/α,β-unsaturated/α-hetero) is 1. The molecule has 3 atom stereocenters. The highest BCUT2D eigenvalue weighted by molar-refractivity contribution is 5.89. The van der Waals surface area contributed by atoms with Crippen molar-refractivity contribution < 1.29 is 32.3 Å². The number of ether oxygens (including phenoxy) is 1. The molecule has 130 valence electrons. The van der Waals surface area contributed by atoms with Crippen molar-refractivity contribution in [1.82, 2.24) is 10.2 Å². The number of alkyl halides is 3. The first-order valence-electron chi connectivity index (χ1n) is 7.25. The Morgan fingerprint density at radius 2 is 2.09 bits per heavy atom. The van der Waals surface area contributed by atoms with Gasteiger partial charge in [0.05, 0.1) is 12.1 Å². The van der Waals surface area contributed by atoms with Crippen LogP contribution in [0, 0.1) is 5.92 Å². The van der Waals surface area contributed by atoms with Gasteiger partial charge in [0.1, 0.15) is 6.61 Å². The Hall–Kier alpha value is -1.68. The first-order valence-corrected chi connectivity index (χ1v) is 7.25. The first kappa shape index (κ1) is 17.7. The lowest BCUT2D eigenvalue weighted by Crippen LogP contribution is -2.61. The summed E-state index contributed by atoms with van der Waals surface area (Å²) in [6, 6.07) is -1.68. The molecule has 2 saturated heterocycles. The van der Waals surface area contributed by atoms with Gasteiger partial charge in [-0.3, -0.25) is 24.0 Å². The topological polar surface area (TPSA) is 102 Å². The largest absolute Gasteiger partial charge is 0.522 e. The minimum absolute atomic E-state index is 0.0513. The Kier molecular flexibility index (Phi) is 5.25. The number of carbonyl (C=O) groups excluding carboxylic acids is 3. The number of nitrogens with two attached hydrogens (primary N) is 1. The van der Waals surface area contributed by atoms with Gasteiger partial charge in [0.15, 0.2) is 5.78 Å². The Morgan fingerprint density at radius 3 is 2.52 bits per heavy atom. The van der Waals surface area contributed by atoms with Crippen molar-refractivity contribution in [3.63, 3.8) is 0 Å². The second-order valence-electron chi connectivity index (χ2n) is 5.67. The zero-order valence-electron chi connectivity index (χ0n) is 12.3. The lowest BCUT2D eigenvalue weighted by atomic mass is 9.90. The number of likely N-dealkylation sites (tertiary alicyclic amines) is 1. The van der Waals surface area contributed by atoms with Gasteiger partial charge in [0.25, 0.3) is 0 Å². The highest BCUT2D eigenvalue weighted by atomic mass is 19.4. The number of carbonyl (C=O) groups is 3. The maximum atomic E-state index is 12.1. The molecule has 0 radical (unpaired) electrons. The van der Waals surface area contributed by atoms with Crippen LogP contribution in [0.1, 0.15) is 19.3 Å². The number of rotatable bonds is 7. The van der Waals surface area contributed by atoms with Gasteiger partial charge in [-0.1, -0.05) is 0 Å². The molecule has 10 heteroatoms. The predicted molar refractivity (Wildman–Crippen MR) is 70.8 cm³/mol. The van der Waals surface area contributed by atoms with E-state index >= 15 is 0 Å². The summed E-state index contributed by atoms with van der Waals surface area (Å²) in [5.41, 5.74) is 5.22. The molecule has 0 aromatic rings. The summed E-state index contributed by atoms with van der Waals surface area (Å²) >= 11 is 0. The maximum absolute atomic E-state index is 12.1. The van der Waals surface area contributed by atoms with E-state index in [0.717, 1.165) is 0 Å². The third-order valence-electron chi connectivity index (χ3n) is 4.21. The van der Waals surface area contributed by atoms with Crippen LogP contribution in [-0.2, 0) is 19.1 Å². The normalized spacial score (nSPS) is 26.5. The first-order chi connectivity index (χ1) is 10.7. The molecule has 3 N–H and O–H groups in total. The molecule has 2 aliphatic heterocycles. The summed E-state index contributed by atoms with van der Waals surface area (Å²) in [6.07, 6.45) is -3.92. The van der Waals surface area contributed by atoms with Gasteiger partial charge < -0.3 is 11.1 Å². The molecule has 2 heterocycles. The molecule has 0 aromatic heterocycles. The number of nitrogens with zero attached hydrogens (tertiary/aromatic N) is 1. The fraction of sp³-hybridized carbons (Fsp3) is 0.769. The van der Waals surface area contributed by atoms with Crippen molar-refractivity contribution in [3.8, 4) is 0 Å². The van der Waals surface area contributed by atoms with Crippen LogP contribution in [0.4, 0.5) is 13.2 Å². The zero-order valence-corrected chi connectivity index (χ0v) is 12.3. The SMILES string of the molecule is NC(=O)C1CCN1[C@@H](C[C@@H]1CCNC1=O)C(=O)COC(F)(F)F. The number of hydrogen-bond donors (Lipinski definition) is 2. The molecule has 0 bridgehead atoms. The van der Waals surface area contributed by atoms with Gasteiger partial charge in [-0.25, -0.2) is 0 Å². The molecule has 0 saturated carbocycles. The van der Waals surface area contributed by atoms with Crippen molar-refractivity contribution in [2.24, 2.45) is 11.7 Å². The molecule has 2 rings (SSSR count). The summed E-state index contributed by atoms with van der Waals surface area (Å²) in [7, 11) is 0. The van der Waals surface area contributed by atoms with E-state index in [2.05, 4.69) is 10.1 Å². The molecule has 0 aromatic carbocycles. The zero-order chi connectivity index (χ0) is 17.2. The highest BCUT2D eigenvalue weighted by Gasteiger charge is 2.43. The lowest BCUT2D eigenvalue weighted by Gasteiger charge is -2.44. The van der Waals surface area contributed by atoms with Crippen LogP contribution in [0.2, 0.25) is 0 Å². The summed E-state index contributed by atoms with van der Waals surface area (Å²) in [5.74, 6) is -2.16. The van der Waals surface area contributed by atoms with Crippen molar-refractivity contribution in [2.75, 3.05) is 19.7 Å². The van der Waals surface area contributed by atoms with Crippen LogP contribution in [0.15, 0.2) is 0 Å². The number of hydrogen-bond acceptors (Lipinski definition) is 5. The molecule has 0 spiro atoms. The molecular formula is C13H18F3N3O4. The second kappa shape index (κ2) is 6.83. The number of halogens is 3. The Labute approximate surface area is 130 Å². The van der Waals surface area contributed by atoms with Crippen LogP contribution in [-0.4, -0.2) is 60.6 Å². The molecule has 2 aliphatic rings. The van der Waals surface area contributed by atoms with Crippen LogP contribution in [0.3, 0.4) is 0 Å². The molecular weight excluding hydrogens is 319 g/mol. The smallest absolute Gasteiger partial charge is 0.368 e. The van der Waals surface area contributed by atoms with Crippen molar-refractivity contribution in [3.05, 3.63) is 0 Å². The van der Waals surface area contributed by atoms with Crippen LogP contribution < -0.4 is 11.1 Å². The average molecular weight is 337 g/mol. The monoisotopic (exact) mass is 337 g/mol. The molecule has 2 fully saturated rings. The van der Waals surface area contributed by atoms with E-state index in [4.69, 9.17) is 5.73 Å². The standard InChI is InChI=1S/C13H18F3N3O4/c14-13(15,16)23-6-10(20)9(5-7-1-3-18-12(7)22)19-4-2-8(19)11(17)21/h7-9H,1-6H2,(H2,17,21)(H,18,22)/t7-,8?,9-/m0/s1. The van der Waals surface area contributed by atoms with Gasteiger partial charge in [-0.2, -0.15) is 0 Å². The molecule has 0 aliphatic carbocycles. The Morgan fingerprint density at radius 1 is 1.39 bits per heavy atom. The maximum Gasteiger partial charge on any atom is 0.522 e. The summed E-state index contributed by atoms with van der Waals surface area (Å²) in [5, 5.41) is 2.61. The number of nitrogens with one attached hydrogen (secondary N) is 1. The van der Waals surface area contributed by atoms with Crippen molar-refractivity contribution in [1.29, 1.82) is 0 Å². The fourth-order valence-electron chi connectivity index (χ4n) is 2.93. The number of amides is 2. The van der Waals surface area contributed by atoms with Crippen molar-refractivity contribution >= 4 is 17.6 Å². The minimum atomic E-state index is -4.91. The van der Waals surface area contributed by atoms with E-state index in [-0.39, 0.29) is 12.3 Å². The predicted octanol–water partition coefficient (Wildman–Crippen LogP) is -0.454. The molecule has 1 unspecified atom stereocenters. The van der Waals surface area contributed by atoms with Gasteiger partial charge in [-0.15, -0.1) is 13.2 Å². The number of ketones is 1. The van der Waals surface area contributed by atoms with Crippen molar-refractivity contribution in [2.45, 2.75) is 37.7 Å². The summed E-state index contributed by atoms with van der Waals surface area (Å²) in [4.78, 5) is 36.6. The van der Waals surface area contributed by atoms with E-state index < -0.39 is 42.7 Å². The van der Waals surface area contributed by atoms with Crippen LogP contribution in [0.25, 0.3) is 0 Å². The third kappa shape index (κ3) is 4.41. The highest BCUT2D eigenvalue weighted by Crippen LogP contribution is 2.28. The molecule has 23 heavy (non-hydrogen) atoms.